The summed E-state index contributed by atoms with van der Waals surface area (Å²) in [7, 11) is 1.70. The number of rotatable bonds is 8. The van der Waals surface area contributed by atoms with Gasteiger partial charge in [0, 0.05) is 26.1 Å². The molecule has 0 amide bonds. The molecule has 0 N–H and O–H groups in total. The van der Waals surface area contributed by atoms with Crippen LogP contribution in [0, 0.1) is 11.8 Å². The van der Waals surface area contributed by atoms with Crippen molar-refractivity contribution >= 4 is 5.78 Å². The number of hydrogen-bond acceptors (Lipinski definition) is 2. The summed E-state index contributed by atoms with van der Waals surface area (Å²) >= 11 is 0. The van der Waals surface area contributed by atoms with Crippen LogP contribution in [0.1, 0.15) is 64.7 Å². The second-order valence-corrected chi connectivity index (χ2v) is 5.42. The Balaban J connectivity index is 2.15. The fraction of sp³-hybridized carbons (Fsp3) is 0.933. The lowest BCUT2D eigenvalue weighted by Crippen LogP contribution is -2.22. The molecule has 1 rings (SSSR count). The molecule has 0 aliphatic heterocycles. The normalized spacial score (nSPS) is 24.8. The zero-order valence-electron chi connectivity index (χ0n) is 11.5. The number of Topliss-reactive ketones (excluding diaryl/α,β-unsaturated/α-hetero) is 1. The first-order valence-electron chi connectivity index (χ1n) is 7.29. The third-order valence-corrected chi connectivity index (χ3v) is 4.04. The van der Waals surface area contributed by atoms with Crippen molar-refractivity contribution in [1.82, 2.24) is 0 Å². The number of ether oxygens (including phenoxy) is 1. The molecule has 0 bridgehead atoms. The van der Waals surface area contributed by atoms with E-state index in [1.165, 1.54) is 32.1 Å². The third-order valence-electron chi connectivity index (χ3n) is 4.04. The fourth-order valence-electron chi connectivity index (χ4n) is 2.86. The topological polar surface area (TPSA) is 26.3 Å². The summed E-state index contributed by atoms with van der Waals surface area (Å²) in [6.07, 6.45) is 10.5. The van der Waals surface area contributed by atoms with E-state index in [1.54, 1.807) is 7.11 Å². The number of carbonyl (C=O) groups is 1. The van der Waals surface area contributed by atoms with Crippen LogP contribution in [0.5, 0.6) is 0 Å². The lowest BCUT2D eigenvalue weighted by Gasteiger charge is -2.27. The van der Waals surface area contributed by atoms with Gasteiger partial charge in [0.25, 0.3) is 0 Å². The molecule has 0 aromatic carbocycles. The van der Waals surface area contributed by atoms with Crippen molar-refractivity contribution in [3.8, 4) is 0 Å². The van der Waals surface area contributed by atoms with E-state index in [2.05, 4.69) is 6.92 Å². The third kappa shape index (κ3) is 5.67. The first-order valence-corrected chi connectivity index (χ1v) is 7.29. The number of ketones is 1. The summed E-state index contributed by atoms with van der Waals surface area (Å²) < 4.78 is 4.99. The maximum atomic E-state index is 11.9. The highest BCUT2D eigenvalue weighted by atomic mass is 16.5. The van der Waals surface area contributed by atoms with E-state index in [9.17, 15) is 4.79 Å². The molecular formula is C15H28O2. The smallest absolute Gasteiger partial charge is 0.136 e. The van der Waals surface area contributed by atoms with E-state index in [-0.39, 0.29) is 0 Å². The van der Waals surface area contributed by atoms with Gasteiger partial charge in [-0.1, -0.05) is 26.2 Å². The molecular weight excluding hydrogens is 212 g/mol. The van der Waals surface area contributed by atoms with E-state index >= 15 is 0 Å². The summed E-state index contributed by atoms with van der Waals surface area (Å²) in [5, 5.41) is 0. The van der Waals surface area contributed by atoms with Gasteiger partial charge in [0.1, 0.15) is 5.78 Å². The quantitative estimate of drug-likeness (QED) is 0.600. The lowest BCUT2D eigenvalue weighted by atomic mass is 9.77. The zero-order valence-corrected chi connectivity index (χ0v) is 11.5. The minimum Gasteiger partial charge on any atom is -0.385 e. The minimum atomic E-state index is 0.365. The summed E-state index contributed by atoms with van der Waals surface area (Å²) in [5.74, 6) is 1.75. The Morgan fingerprint density at radius 1 is 1.18 bits per heavy atom. The van der Waals surface area contributed by atoms with Gasteiger partial charge < -0.3 is 4.74 Å². The first-order chi connectivity index (χ1) is 8.27. The number of hydrogen-bond donors (Lipinski definition) is 0. The van der Waals surface area contributed by atoms with Crippen molar-refractivity contribution in [2.75, 3.05) is 13.7 Å². The molecule has 1 aliphatic rings. The van der Waals surface area contributed by atoms with E-state index in [4.69, 9.17) is 4.74 Å². The number of unbranched alkanes of at least 4 members (excludes halogenated alkanes) is 1. The predicted octanol–water partition coefficient (Wildman–Crippen LogP) is 3.98. The van der Waals surface area contributed by atoms with E-state index in [0.717, 1.165) is 38.2 Å². The molecule has 1 fully saturated rings. The van der Waals surface area contributed by atoms with Crippen LogP contribution in [-0.2, 0) is 9.53 Å². The molecule has 0 heterocycles. The van der Waals surface area contributed by atoms with Crippen molar-refractivity contribution in [3.05, 3.63) is 0 Å². The second-order valence-electron chi connectivity index (χ2n) is 5.42. The summed E-state index contributed by atoms with van der Waals surface area (Å²) in [6.45, 7) is 2.97. The number of carbonyl (C=O) groups excluding carboxylic acids is 1. The van der Waals surface area contributed by atoms with Crippen LogP contribution in [0.15, 0.2) is 0 Å². The van der Waals surface area contributed by atoms with Crippen LogP contribution in [0.2, 0.25) is 0 Å². The van der Waals surface area contributed by atoms with Gasteiger partial charge in [0.05, 0.1) is 0 Å². The van der Waals surface area contributed by atoms with Crippen LogP contribution in [0.4, 0.5) is 0 Å². The van der Waals surface area contributed by atoms with Gasteiger partial charge in [-0.15, -0.1) is 0 Å². The maximum Gasteiger partial charge on any atom is 0.136 e. The largest absolute Gasteiger partial charge is 0.385 e. The Hall–Kier alpha value is -0.370. The van der Waals surface area contributed by atoms with Crippen LogP contribution >= 0.6 is 0 Å². The average molecular weight is 240 g/mol. The molecule has 100 valence electrons. The molecule has 0 radical (unpaired) electrons. The SMILES string of the molecule is CCCCC1CCC(C(=O)CCCOC)CC1. The van der Waals surface area contributed by atoms with E-state index in [0.29, 0.717) is 11.7 Å². The standard InChI is InChI=1S/C15H28O2/c1-3-4-6-13-8-10-14(11-9-13)15(16)7-5-12-17-2/h13-14H,3-12H2,1-2H3. The van der Waals surface area contributed by atoms with Gasteiger partial charge in [0.2, 0.25) is 0 Å². The van der Waals surface area contributed by atoms with Gasteiger partial charge in [-0.05, 0) is 38.0 Å². The molecule has 2 heteroatoms. The van der Waals surface area contributed by atoms with Gasteiger partial charge in [-0.2, -0.15) is 0 Å². The van der Waals surface area contributed by atoms with E-state index < -0.39 is 0 Å². The maximum absolute atomic E-state index is 11.9. The Morgan fingerprint density at radius 2 is 1.88 bits per heavy atom. The molecule has 0 aromatic heterocycles. The molecule has 1 aliphatic carbocycles. The van der Waals surface area contributed by atoms with Crippen molar-refractivity contribution in [2.45, 2.75) is 64.7 Å². The first kappa shape index (κ1) is 14.7. The van der Waals surface area contributed by atoms with Gasteiger partial charge in [-0.25, -0.2) is 0 Å². The molecule has 2 nitrogen and oxygen atoms in total. The fourth-order valence-corrected chi connectivity index (χ4v) is 2.86. The zero-order chi connectivity index (χ0) is 12.5. The van der Waals surface area contributed by atoms with E-state index in [1.807, 2.05) is 0 Å². The minimum absolute atomic E-state index is 0.365. The van der Waals surface area contributed by atoms with Crippen molar-refractivity contribution in [1.29, 1.82) is 0 Å². The summed E-state index contributed by atoms with van der Waals surface area (Å²) in [5.41, 5.74) is 0. The van der Waals surface area contributed by atoms with Crippen molar-refractivity contribution in [3.63, 3.8) is 0 Å². The Kier molecular flexibility index (Phi) is 7.50. The predicted molar refractivity (Wildman–Crippen MR) is 71.1 cm³/mol. The Morgan fingerprint density at radius 3 is 2.47 bits per heavy atom. The lowest BCUT2D eigenvalue weighted by molar-refractivity contribution is -0.124. The Bertz CT molecular complexity index is 205. The van der Waals surface area contributed by atoms with Crippen LogP contribution < -0.4 is 0 Å². The van der Waals surface area contributed by atoms with Gasteiger partial charge in [0.15, 0.2) is 0 Å². The second kappa shape index (κ2) is 8.68. The molecule has 17 heavy (non-hydrogen) atoms. The number of methoxy groups -OCH3 is 1. The van der Waals surface area contributed by atoms with Crippen LogP contribution in [-0.4, -0.2) is 19.5 Å². The summed E-state index contributed by atoms with van der Waals surface area (Å²) in [4.78, 5) is 11.9. The highest BCUT2D eigenvalue weighted by molar-refractivity contribution is 5.81. The highest BCUT2D eigenvalue weighted by Crippen LogP contribution is 2.32. The average Bonchev–Trinajstić information content (AvgIpc) is 2.37. The van der Waals surface area contributed by atoms with Crippen LogP contribution in [0.3, 0.4) is 0 Å². The Labute approximate surface area is 106 Å². The molecule has 0 atom stereocenters. The molecule has 1 saturated carbocycles. The molecule has 0 aromatic rings. The molecule has 0 saturated heterocycles. The van der Waals surface area contributed by atoms with Gasteiger partial charge >= 0.3 is 0 Å². The van der Waals surface area contributed by atoms with Gasteiger partial charge in [-0.3, -0.25) is 4.79 Å². The van der Waals surface area contributed by atoms with Crippen molar-refractivity contribution < 1.29 is 9.53 Å². The summed E-state index contributed by atoms with van der Waals surface area (Å²) in [6, 6.07) is 0. The molecule has 0 unspecified atom stereocenters. The molecule has 0 spiro atoms. The highest BCUT2D eigenvalue weighted by Gasteiger charge is 2.25. The van der Waals surface area contributed by atoms with Crippen molar-refractivity contribution in [2.24, 2.45) is 11.8 Å². The monoisotopic (exact) mass is 240 g/mol. The van der Waals surface area contributed by atoms with Crippen LogP contribution in [0.25, 0.3) is 0 Å².